The third-order valence-electron chi connectivity index (χ3n) is 4.66. The first-order valence-corrected chi connectivity index (χ1v) is 9.31. The molecule has 4 heteroatoms. The van der Waals surface area contributed by atoms with Crippen molar-refractivity contribution in [2.75, 3.05) is 18.4 Å². The van der Waals surface area contributed by atoms with Gasteiger partial charge in [-0.2, -0.15) is 0 Å². The molecule has 0 saturated carbocycles. The zero-order valence-corrected chi connectivity index (χ0v) is 15.8. The Kier molecular flexibility index (Phi) is 5.93. The van der Waals surface area contributed by atoms with Crippen LogP contribution < -0.4 is 5.32 Å². The molecule has 1 unspecified atom stereocenters. The molecule has 4 nitrogen and oxygen atoms in total. The van der Waals surface area contributed by atoms with Crippen LogP contribution in [0.5, 0.6) is 0 Å². The monoisotopic (exact) mass is 360 g/mol. The van der Waals surface area contributed by atoms with Crippen LogP contribution in [0.25, 0.3) is 0 Å². The minimum atomic E-state index is -0.422. The van der Waals surface area contributed by atoms with Gasteiger partial charge in [0.15, 0.2) is 0 Å². The number of nitrogens with one attached hydrogen (secondary N) is 1. The molecule has 0 spiro atoms. The van der Waals surface area contributed by atoms with Gasteiger partial charge < -0.3 is 10.2 Å². The normalized spacial score (nSPS) is 14.7. The predicted molar refractivity (Wildman–Crippen MR) is 107 cm³/mol. The van der Waals surface area contributed by atoms with E-state index in [-0.39, 0.29) is 18.2 Å². The number of aryl methyl sites for hydroxylation is 1. The molecule has 0 aromatic heterocycles. The molecule has 1 heterocycles. The van der Waals surface area contributed by atoms with Gasteiger partial charge in [-0.3, -0.25) is 9.59 Å². The molecule has 1 N–H and O–H groups in total. The van der Waals surface area contributed by atoms with Crippen molar-refractivity contribution in [3.8, 4) is 11.8 Å². The average molecular weight is 360 g/mol. The summed E-state index contributed by atoms with van der Waals surface area (Å²) in [5.41, 5.74) is 3.75. The van der Waals surface area contributed by atoms with E-state index in [9.17, 15) is 9.59 Å². The second kappa shape index (κ2) is 8.55. The van der Waals surface area contributed by atoms with E-state index in [1.54, 1.807) is 4.90 Å². The molecule has 3 rings (SSSR count). The van der Waals surface area contributed by atoms with E-state index in [0.29, 0.717) is 13.1 Å². The van der Waals surface area contributed by atoms with Crippen molar-refractivity contribution in [1.82, 2.24) is 4.90 Å². The van der Waals surface area contributed by atoms with Gasteiger partial charge in [0.2, 0.25) is 11.8 Å². The van der Waals surface area contributed by atoms with Crippen LogP contribution >= 0.6 is 0 Å². The quantitative estimate of drug-likeness (QED) is 0.827. The summed E-state index contributed by atoms with van der Waals surface area (Å²) in [5.74, 6) is 5.62. The van der Waals surface area contributed by atoms with Gasteiger partial charge in [0.25, 0.3) is 0 Å². The van der Waals surface area contributed by atoms with E-state index < -0.39 is 5.92 Å². The average Bonchev–Trinajstić information content (AvgIpc) is 2.96. The molecule has 1 aliphatic heterocycles. The van der Waals surface area contributed by atoms with Crippen molar-refractivity contribution in [3.05, 3.63) is 65.2 Å². The highest BCUT2D eigenvalue weighted by Crippen LogP contribution is 2.35. The second-order valence-electron chi connectivity index (χ2n) is 6.82. The molecule has 0 saturated heterocycles. The van der Waals surface area contributed by atoms with Gasteiger partial charge in [0.1, 0.15) is 0 Å². The third kappa shape index (κ3) is 4.57. The summed E-state index contributed by atoms with van der Waals surface area (Å²) in [7, 11) is 0. The summed E-state index contributed by atoms with van der Waals surface area (Å²) in [6.45, 7) is 5.03. The molecule has 2 aromatic rings. The maximum absolute atomic E-state index is 12.8. The maximum Gasteiger partial charge on any atom is 0.232 e. The zero-order valence-electron chi connectivity index (χ0n) is 15.8. The molecule has 1 aliphatic rings. The Morgan fingerprint density at radius 2 is 1.96 bits per heavy atom. The van der Waals surface area contributed by atoms with Crippen LogP contribution in [0.2, 0.25) is 0 Å². The van der Waals surface area contributed by atoms with Crippen molar-refractivity contribution in [2.24, 2.45) is 0 Å². The number of anilines is 1. The molecule has 0 fully saturated rings. The number of carbonyl (C=O) groups excluding carboxylic acids is 2. The Labute approximate surface area is 160 Å². The summed E-state index contributed by atoms with van der Waals surface area (Å²) >= 11 is 0. The lowest BCUT2D eigenvalue weighted by Crippen LogP contribution is -2.34. The van der Waals surface area contributed by atoms with E-state index in [0.717, 1.165) is 28.8 Å². The Bertz CT molecular complexity index is 894. The molecule has 2 amide bonds. The maximum atomic E-state index is 12.8. The lowest BCUT2D eigenvalue weighted by molar-refractivity contribution is -0.132. The Balaban J connectivity index is 1.69. The van der Waals surface area contributed by atoms with Crippen LogP contribution in [0, 0.1) is 18.8 Å². The SMILES string of the molecule is CCCN(CC#Cc1ccccc1)C(=O)CC1C(=O)Nc2cc(C)ccc21. The minimum Gasteiger partial charge on any atom is -0.332 e. The van der Waals surface area contributed by atoms with Crippen molar-refractivity contribution < 1.29 is 9.59 Å². The van der Waals surface area contributed by atoms with Crippen molar-refractivity contribution >= 4 is 17.5 Å². The van der Waals surface area contributed by atoms with Crippen LogP contribution in [-0.4, -0.2) is 29.8 Å². The molecule has 1 atom stereocenters. The highest BCUT2D eigenvalue weighted by molar-refractivity contribution is 6.05. The Morgan fingerprint density at radius 1 is 1.19 bits per heavy atom. The number of amides is 2. The summed E-state index contributed by atoms with van der Waals surface area (Å²) in [6, 6.07) is 15.6. The molecular formula is C23H24N2O2. The number of benzene rings is 2. The van der Waals surface area contributed by atoms with E-state index in [4.69, 9.17) is 0 Å². The van der Waals surface area contributed by atoms with Crippen LogP contribution in [0.3, 0.4) is 0 Å². The van der Waals surface area contributed by atoms with Crippen LogP contribution in [0.4, 0.5) is 5.69 Å². The molecule has 0 radical (unpaired) electrons. The number of hydrogen-bond acceptors (Lipinski definition) is 2. The summed E-state index contributed by atoms with van der Waals surface area (Å²) in [4.78, 5) is 26.9. The Hall–Kier alpha value is -3.06. The summed E-state index contributed by atoms with van der Waals surface area (Å²) in [6.07, 6.45) is 1.03. The molecular weight excluding hydrogens is 336 g/mol. The second-order valence-corrected chi connectivity index (χ2v) is 6.82. The van der Waals surface area contributed by atoms with Crippen LogP contribution in [0.15, 0.2) is 48.5 Å². The smallest absolute Gasteiger partial charge is 0.232 e. The fourth-order valence-corrected chi connectivity index (χ4v) is 3.27. The lowest BCUT2D eigenvalue weighted by atomic mass is 9.95. The minimum absolute atomic E-state index is 0.0345. The van der Waals surface area contributed by atoms with Gasteiger partial charge in [-0.1, -0.05) is 49.1 Å². The van der Waals surface area contributed by atoms with Crippen molar-refractivity contribution in [3.63, 3.8) is 0 Å². The van der Waals surface area contributed by atoms with E-state index in [1.165, 1.54) is 0 Å². The van der Waals surface area contributed by atoms with Crippen LogP contribution in [-0.2, 0) is 9.59 Å². The number of fused-ring (bicyclic) bond motifs is 1. The van der Waals surface area contributed by atoms with Gasteiger partial charge in [0, 0.05) is 24.2 Å². The third-order valence-corrected chi connectivity index (χ3v) is 4.66. The van der Waals surface area contributed by atoms with Gasteiger partial charge >= 0.3 is 0 Å². The molecule has 0 aliphatic carbocycles. The molecule has 0 bridgehead atoms. The first-order chi connectivity index (χ1) is 13.1. The zero-order chi connectivity index (χ0) is 19.2. The van der Waals surface area contributed by atoms with Crippen LogP contribution in [0.1, 0.15) is 42.4 Å². The highest BCUT2D eigenvalue weighted by atomic mass is 16.2. The first-order valence-electron chi connectivity index (χ1n) is 9.31. The van der Waals surface area contributed by atoms with E-state index in [2.05, 4.69) is 17.2 Å². The summed E-state index contributed by atoms with van der Waals surface area (Å²) < 4.78 is 0. The van der Waals surface area contributed by atoms with Crippen molar-refractivity contribution in [1.29, 1.82) is 0 Å². The number of nitrogens with zero attached hydrogens (tertiary/aromatic N) is 1. The predicted octanol–water partition coefficient (Wildman–Crippen LogP) is 3.71. The molecule has 138 valence electrons. The summed E-state index contributed by atoms with van der Waals surface area (Å²) in [5, 5.41) is 2.89. The van der Waals surface area contributed by atoms with E-state index >= 15 is 0 Å². The standard InChI is InChI=1S/C23H24N2O2/c1-3-13-25(14-7-10-18-8-5-4-6-9-18)22(26)16-20-19-12-11-17(2)15-21(19)24-23(20)27/h4-6,8-9,11-12,15,20H,3,13-14,16H2,1-2H3,(H,24,27). The largest absolute Gasteiger partial charge is 0.332 e. The topological polar surface area (TPSA) is 49.4 Å². The molecule has 27 heavy (non-hydrogen) atoms. The fraction of sp³-hybridized carbons (Fsp3) is 0.304. The number of carbonyl (C=O) groups is 2. The van der Waals surface area contributed by atoms with Gasteiger partial charge in [0.05, 0.1) is 12.5 Å². The number of hydrogen-bond donors (Lipinski definition) is 1. The first kappa shape index (κ1) is 18.7. The lowest BCUT2D eigenvalue weighted by Gasteiger charge is -2.21. The van der Waals surface area contributed by atoms with Gasteiger partial charge in [-0.05, 0) is 42.7 Å². The van der Waals surface area contributed by atoms with Crippen molar-refractivity contribution in [2.45, 2.75) is 32.6 Å². The fourth-order valence-electron chi connectivity index (χ4n) is 3.27. The Morgan fingerprint density at radius 3 is 2.70 bits per heavy atom. The van der Waals surface area contributed by atoms with E-state index in [1.807, 2.05) is 62.4 Å². The molecule has 2 aromatic carbocycles. The highest BCUT2D eigenvalue weighted by Gasteiger charge is 2.33. The number of rotatable bonds is 5. The van der Waals surface area contributed by atoms with Gasteiger partial charge in [-0.15, -0.1) is 0 Å². The van der Waals surface area contributed by atoms with Gasteiger partial charge in [-0.25, -0.2) is 0 Å².